The summed E-state index contributed by atoms with van der Waals surface area (Å²) in [6, 6.07) is 19.7. The van der Waals surface area contributed by atoms with Gasteiger partial charge >= 0.3 is 0 Å². The maximum absolute atomic E-state index is 12.2. The quantitative estimate of drug-likeness (QED) is 0.633. The Kier molecular flexibility index (Phi) is 3.20. The number of fused-ring (bicyclic) bond motifs is 1. The highest BCUT2D eigenvalue weighted by molar-refractivity contribution is 6.35. The SMILES string of the molecule is O=C1Nc2ccc(Nc3ccccc3)cc2C1=Cc1ccc[nH]1. The van der Waals surface area contributed by atoms with Crippen LogP contribution in [0.5, 0.6) is 0 Å². The second-order valence-corrected chi connectivity index (χ2v) is 5.39. The number of rotatable bonds is 3. The van der Waals surface area contributed by atoms with Crippen molar-refractivity contribution in [3.05, 3.63) is 78.1 Å². The third kappa shape index (κ3) is 2.62. The molecule has 4 rings (SSSR count). The Morgan fingerprint density at radius 1 is 0.913 bits per heavy atom. The number of aromatic amines is 1. The minimum absolute atomic E-state index is 0.0774. The lowest BCUT2D eigenvalue weighted by atomic mass is 10.1. The average molecular weight is 301 g/mol. The first-order valence-corrected chi connectivity index (χ1v) is 7.42. The van der Waals surface area contributed by atoms with Crippen LogP contribution in [0.3, 0.4) is 0 Å². The van der Waals surface area contributed by atoms with Crippen LogP contribution in [-0.2, 0) is 4.79 Å². The van der Waals surface area contributed by atoms with Crippen molar-refractivity contribution >= 4 is 34.6 Å². The molecule has 2 aromatic carbocycles. The number of carbonyl (C=O) groups excluding carboxylic acids is 1. The smallest absolute Gasteiger partial charge is 0.256 e. The lowest BCUT2D eigenvalue weighted by Crippen LogP contribution is -2.03. The number of nitrogens with one attached hydrogen (secondary N) is 3. The summed E-state index contributed by atoms with van der Waals surface area (Å²) in [5, 5.41) is 6.26. The van der Waals surface area contributed by atoms with Gasteiger partial charge in [0.25, 0.3) is 5.91 Å². The van der Waals surface area contributed by atoms with E-state index in [1.54, 1.807) is 0 Å². The number of hydrogen-bond donors (Lipinski definition) is 3. The molecule has 0 saturated heterocycles. The number of aromatic nitrogens is 1. The van der Waals surface area contributed by atoms with Crippen molar-refractivity contribution in [2.24, 2.45) is 0 Å². The van der Waals surface area contributed by atoms with E-state index in [1.165, 1.54) is 0 Å². The monoisotopic (exact) mass is 301 g/mol. The molecular formula is C19H15N3O. The summed E-state index contributed by atoms with van der Waals surface area (Å²) in [7, 11) is 0. The fourth-order valence-corrected chi connectivity index (χ4v) is 2.69. The molecule has 2 heterocycles. The summed E-state index contributed by atoms with van der Waals surface area (Å²) in [5.74, 6) is -0.0774. The molecular weight excluding hydrogens is 286 g/mol. The van der Waals surface area contributed by atoms with Gasteiger partial charge in [-0.3, -0.25) is 4.79 Å². The number of benzene rings is 2. The van der Waals surface area contributed by atoms with Crippen molar-refractivity contribution in [1.82, 2.24) is 4.98 Å². The lowest BCUT2D eigenvalue weighted by molar-refractivity contribution is -0.110. The van der Waals surface area contributed by atoms with Gasteiger partial charge in [0, 0.05) is 34.5 Å². The highest BCUT2D eigenvalue weighted by Gasteiger charge is 2.24. The maximum atomic E-state index is 12.2. The van der Waals surface area contributed by atoms with Gasteiger partial charge in [0.2, 0.25) is 0 Å². The second kappa shape index (κ2) is 5.50. The number of carbonyl (C=O) groups is 1. The molecule has 0 fully saturated rings. The topological polar surface area (TPSA) is 56.9 Å². The van der Waals surface area contributed by atoms with Gasteiger partial charge in [0.15, 0.2) is 0 Å². The molecule has 1 amide bonds. The molecule has 0 unspecified atom stereocenters. The number of para-hydroxylation sites is 1. The molecule has 0 radical (unpaired) electrons. The molecule has 0 saturated carbocycles. The highest BCUT2D eigenvalue weighted by Crippen LogP contribution is 2.35. The summed E-state index contributed by atoms with van der Waals surface area (Å²) in [6.07, 6.45) is 3.71. The summed E-state index contributed by atoms with van der Waals surface area (Å²) in [5.41, 5.74) is 5.28. The predicted octanol–water partition coefficient (Wildman–Crippen LogP) is 4.25. The predicted molar refractivity (Wildman–Crippen MR) is 93.5 cm³/mol. The van der Waals surface area contributed by atoms with Crippen LogP contribution >= 0.6 is 0 Å². The summed E-state index contributed by atoms with van der Waals surface area (Å²) in [6.45, 7) is 0. The number of hydrogen-bond acceptors (Lipinski definition) is 2. The molecule has 1 aliphatic rings. The zero-order valence-electron chi connectivity index (χ0n) is 12.3. The van der Waals surface area contributed by atoms with E-state index in [9.17, 15) is 4.79 Å². The van der Waals surface area contributed by atoms with E-state index in [0.717, 1.165) is 28.3 Å². The summed E-state index contributed by atoms with van der Waals surface area (Å²) < 4.78 is 0. The largest absolute Gasteiger partial charge is 0.362 e. The molecule has 23 heavy (non-hydrogen) atoms. The molecule has 0 atom stereocenters. The van der Waals surface area contributed by atoms with E-state index in [-0.39, 0.29) is 5.91 Å². The normalized spacial score (nSPS) is 14.6. The zero-order chi connectivity index (χ0) is 15.6. The van der Waals surface area contributed by atoms with E-state index < -0.39 is 0 Å². The van der Waals surface area contributed by atoms with Gasteiger partial charge in [0.1, 0.15) is 0 Å². The van der Waals surface area contributed by atoms with E-state index in [4.69, 9.17) is 0 Å². The molecule has 0 bridgehead atoms. The maximum Gasteiger partial charge on any atom is 0.256 e. The van der Waals surface area contributed by atoms with Crippen molar-refractivity contribution in [2.75, 3.05) is 10.6 Å². The van der Waals surface area contributed by atoms with Gasteiger partial charge in [0.05, 0.1) is 5.57 Å². The fraction of sp³-hybridized carbons (Fsp3) is 0. The Hall–Kier alpha value is -3.27. The third-order valence-corrected chi connectivity index (χ3v) is 3.79. The lowest BCUT2D eigenvalue weighted by Gasteiger charge is -2.08. The molecule has 3 aromatic rings. The van der Waals surface area contributed by atoms with Crippen LogP contribution in [0.4, 0.5) is 17.1 Å². The minimum Gasteiger partial charge on any atom is -0.362 e. The van der Waals surface area contributed by atoms with E-state index in [0.29, 0.717) is 5.57 Å². The van der Waals surface area contributed by atoms with Gasteiger partial charge in [-0.1, -0.05) is 18.2 Å². The first kappa shape index (κ1) is 13.4. The van der Waals surface area contributed by atoms with Crippen molar-refractivity contribution in [3.63, 3.8) is 0 Å². The molecule has 4 nitrogen and oxygen atoms in total. The van der Waals surface area contributed by atoms with Crippen LogP contribution in [-0.4, -0.2) is 10.9 Å². The molecule has 1 aromatic heterocycles. The van der Waals surface area contributed by atoms with Crippen LogP contribution in [0.2, 0.25) is 0 Å². The highest BCUT2D eigenvalue weighted by atomic mass is 16.2. The third-order valence-electron chi connectivity index (χ3n) is 3.79. The van der Waals surface area contributed by atoms with Crippen molar-refractivity contribution in [3.8, 4) is 0 Å². The van der Waals surface area contributed by atoms with E-state index >= 15 is 0 Å². The Bertz CT molecular complexity index is 880. The van der Waals surface area contributed by atoms with Gasteiger partial charge in [-0.2, -0.15) is 0 Å². The van der Waals surface area contributed by atoms with Gasteiger partial charge in [-0.15, -0.1) is 0 Å². The first-order chi connectivity index (χ1) is 11.3. The van der Waals surface area contributed by atoms with Gasteiger partial charge < -0.3 is 15.6 Å². The van der Waals surface area contributed by atoms with Gasteiger partial charge in [-0.05, 0) is 48.5 Å². The van der Waals surface area contributed by atoms with Crippen molar-refractivity contribution in [2.45, 2.75) is 0 Å². The number of H-pyrrole nitrogens is 1. The van der Waals surface area contributed by atoms with Crippen LogP contribution in [0.25, 0.3) is 11.6 Å². The second-order valence-electron chi connectivity index (χ2n) is 5.39. The molecule has 3 N–H and O–H groups in total. The van der Waals surface area contributed by atoms with E-state index in [1.807, 2.05) is 72.9 Å². The Morgan fingerprint density at radius 3 is 2.57 bits per heavy atom. The number of anilines is 3. The summed E-state index contributed by atoms with van der Waals surface area (Å²) >= 11 is 0. The average Bonchev–Trinajstić information content (AvgIpc) is 3.18. The molecule has 0 aliphatic carbocycles. The van der Waals surface area contributed by atoms with Crippen LogP contribution in [0.15, 0.2) is 66.9 Å². The summed E-state index contributed by atoms with van der Waals surface area (Å²) in [4.78, 5) is 15.3. The van der Waals surface area contributed by atoms with Crippen molar-refractivity contribution in [1.29, 1.82) is 0 Å². The van der Waals surface area contributed by atoms with Crippen molar-refractivity contribution < 1.29 is 4.79 Å². The molecule has 4 heteroatoms. The van der Waals surface area contributed by atoms with Gasteiger partial charge in [-0.25, -0.2) is 0 Å². The minimum atomic E-state index is -0.0774. The Labute approximate surface area is 133 Å². The Morgan fingerprint density at radius 2 is 1.78 bits per heavy atom. The molecule has 1 aliphatic heterocycles. The zero-order valence-corrected chi connectivity index (χ0v) is 12.3. The van der Waals surface area contributed by atoms with E-state index in [2.05, 4.69) is 15.6 Å². The Balaban J connectivity index is 1.71. The standard InChI is InChI=1S/C19H15N3O/c23-19-17(11-14-7-4-10-20-14)16-12-15(8-9-18(16)22-19)21-13-5-2-1-3-6-13/h1-12,20-21H,(H,22,23). The molecule has 112 valence electrons. The molecule has 0 spiro atoms. The first-order valence-electron chi connectivity index (χ1n) is 7.42. The number of amides is 1. The van der Waals surface area contributed by atoms with Crippen LogP contribution in [0, 0.1) is 0 Å². The van der Waals surface area contributed by atoms with Crippen LogP contribution in [0.1, 0.15) is 11.3 Å². The fourth-order valence-electron chi connectivity index (χ4n) is 2.69. The van der Waals surface area contributed by atoms with Crippen LogP contribution < -0.4 is 10.6 Å².